The molecule has 1 aliphatic rings. The Hall–Kier alpha value is -1.16. The first-order chi connectivity index (χ1) is 9.97. The molecule has 2 atom stereocenters. The summed E-state index contributed by atoms with van der Waals surface area (Å²) in [6.45, 7) is 0.359. The van der Waals surface area contributed by atoms with Gasteiger partial charge in [-0.2, -0.15) is 13.2 Å². The minimum Gasteiger partial charge on any atom is -0.493 e. The number of halogens is 4. The molecule has 0 radical (unpaired) electrons. The molecule has 0 spiro atoms. The lowest BCUT2D eigenvalue weighted by molar-refractivity contribution is -0.137. The van der Waals surface area contributed by atoms with E-state index >= 15 is 0 Å². The van der Waals surface area contributed by atoms with Crippen LogP contribution >= 0.6 is 11.6 Å². The Bertz CT molecular complexity index is 485. The van der Waals surface area contributed by atoms with Crippen LogP contribution < -0.4 is 4.74 Å². The van der Waals surface area contributed by atoms with Gasteiger partial charge in [-0.25, -0.2) is 0 Å². The molecule has 0 aromatic heterocycles. The maximum Gasteiger partial charge on any atom is 0.416 e. The lowest BCUT2D eigenvalue weighted by Gasteiger charge is -2.10. The fourth-order valence-electron chi connectivity index (χ4n) is 2.44. The number of ether oxygens (including phenoxy) is 1. The van der Waals surface area contributed by atoms with Gasteiger partial charge < -0.3 is 4.74 Å². The molecule has 0 heterocycles. The molecule has 0 saturated heterocycles. The van der Waals surface area contributed by atoms with Gasteiger partial charge >= 0.3 is 6.18 Å². The molecule has 1 aromatic carbocycles. The average molecular weight is 319 g/mol. The number of hydrogen-bond donors (Lipinski definition) is 0. The fourth-order valence-corrected chi connectivity index (χ4v) is 2.80. The maximum atomic E-state index is 12.5. The van der Waals surface area contributed by atoms with Crippen LogP contribution in [0.4, 0.5) is 13.2 Å². The molecule has 116 valence electrons. The SMILES string of the molecule is FC(F)(F)c1cccc(OCC/C=C/C2CCCC2Cl)c1. The van der Waals surface area contributed by atoms with Gasteiger partial charge in [-0.1, -0.05) is 24.6 Å². The summed E-state index contributed by atoms with van der Waals surface area (Å²) in [5.74, 6) is 0.662. The Morgan fingerprint density at radius 2 is 2.10 bits per heavy atom. The number of benzene rings is 1. The molecule has 0 N–H and O–H groups in total. The van der Waals surface area contributed by atoms with Crippen LogP contribution in [0.25, 0.3) is 0 Å². The van der Waals surface area contributed by atoms with Crippen LogP contribution in [0.5, 0.6) is 5.75 Å². The van der Waals surface area contributed by atoms with Crippen LogP contribution in [0.15, 0.2) is 36.4 Å². The summed E-state index contributed by atoms with van der Waals surface area (Å²) < 4.78 is 43.0. The van der Waals surface area contributed by atoms with E-state index in [0.717, 1.165) is 31.4 Å². The first-order valence-corrected chi connectivity index (χ1v) is 7.51. The average Bonchev–Trinajstić information content (AvgIpc) is 2.83. The van der Waals surface area contributed by atoms with Crippen LogP contribution in [-0.2, 0) is 6.18 Å². The van der Waals surface area contributed by atoms with E-state index < -0.39 is 11.7 Å². The Labute approximate surface area is 127 Å². The van der Waals surface area contributed by atoms with Crippen molar-refractivity contribution in [3.63, 3.8) is 0 Å². The zero-order chi connectivity index (χ0) is 15.3. The summed E-state index contributed by atoms with van der Waals surface area (Å²) in [7, 11) is 0. The molecule has 0 bridgehead atoms. The molecule has 1 fully saturated rings. The van der Waals surface area contributed by atoms with E-state index in [9.17, 15) is 13.2 Å². The zero-order valence-electron chi connectivity index (χ0n) is 11.6. The van der Waals surface area contributed by atoms with E-state index in [0.29, 0.717) is 18.9 Å². The van der Waals surface area contributed by atoms with Crippen LogP contribution in [0.2, 0.25) is 0 Å². The number of alkyl halides is 4. The molecule has 0 aliphatic heterocycles. The molecule has 1 aliphatic carbocycles. The molecule has 1 aromatic rings. The Balaban J connectivity index is 1.77. The first-order valence-electron chi connectivity index (χ1n) is 7.07. The van der Waals surface area contributed by atoms with Gasteiger partial charge in [0.15, 0.2) is 0 Å². The van der Waals surface area contributed by atoms with Crippen molar-refractivity contribution in [3.8, 4) is 5.75 Å². The van der Waals surface area contributed by atoms with Crippen molar-refractivity contribution in [1.82, 2.24) is 0 Å². The smallest absolute Gasteiger partial charge is 0.416 e. The van der Waals surface area contributed by atoms with Crippen molar-refractivity contribution in [2.24, 2.45) is 5.92 Å². The van der Waals surface area contributed by atoms with Crippen molar-refractivity contribution < 1.29 is 17.9 Å². The van der Waals surface area contributed by atoms with E-state index in [1.165, 1.54) is 12.1 Å². The quantitative estimate of drug-likeness (QED) is 0.399. The third kappa shape index (κ3) is 4.95. The van der Waals surface area contributed by atoms with E-state index in [-0.39, 0.29) is 11.1 Å². The summed E-state index contributed by atoms with van der Waals surface area (Å²) in [6, 6.07) is 4.94. The van der Waals surface area contributed by atoms with E-state index in [2.05, 4.69) is 6.08 Å². The lowest BCUT2D eigenvalue weighted by Crippen LogP contribution is -2.05. The summed E-state index contributed by atoms with van der Waals surface area (Å²) in [6.07, 6.45) is 3.74. The molecule has 2 unspecified atom stereocenters. The second-order valence-corrected chi connectivity index (χ2v) is 5.76. The molecular weight excluding hydrogens is 301 g/mol. The van der Waals surface area contributed by atoms with Crippen molar-refractivity contribution in [2.45, 2.75) is 37.2 Å². The minimum absolute atomic E-state index is 0.214. The van der Waals surface area contributed by atoms with Gasteiger partial charge in [-0.05, 0) is 43.4 Å². The number of hydrogen-bond acceptors (Lipinski definition) is 1. The zero-order valence-corrected chi connectivity index (χ0v) is 12.3. The number of rotatable bonds is 5. The van der Waals surface area contributed by atoms with E-state index in [1.54, 1.807) is 0 Å². The molecule has 1 saturated carbocycles. The highest BCUT2D eigenvalue weighted by Gasteiger charge is 2.30. The first kappa shape index (κ1) is 16.2. The molecule has 0 amide bonds. The summed E-state index contributed by atoms with van der Waals surface area (Å²) >= 11 is 6.16. The minimum atomic E-state index is -4.34. The van der Waals surface area contributed by atoms with E-state index in [1.807, 2.05) is 6.08 Å². The van der Waals surface area contributed by atoms with Crippen LogP contribution in [-0.4, -0.2) is 12.0 Å². The predicted octanol–water partition coefficient (Wildman–Crippen LogP) is 5.44. The molecular formula is C16H18ClF3O. The Kier molecular flexibility index (Phi) is 5.57. The highest BCUT2D eigenvalue weighted by Crippen LogP contribution is 2.32. The second kappa shape index (κ2) is 7.21. The van der Waals surface area contributed by atoms with Crippen molar-refractivity contribution in [2.75, 3.05) is 6.61 Å². The summed E-state index contributed by atoms with van der Waals surface area (Å²) in [5.41, 5.74) is -0.688. The molecule has 1 nitrogen and oxygen atoms in total. The van der Waals surface area contributed by atoms with Gasteiger partial charge in [-0.15, -0.1) is 11.6 Å². The van der Waals surface area contributed by atoms with Crippen molar-refractivity contribution >= 4 is 11.6 Å². The second-order valence-electron chi connectivity index (χ2n) is 5.20. The molecule has 2 rings (SSSR count). The summed E-state index contributed by atoms with van der Waals surface area (Å²) in [5, 5.41) is 0.214. The summed E-state index contributed by atoms with van der Waals surface area (Å²) in [4.78, 5) is 0. The monoisotopic (exact) mass is 318 g/mol. The standard InChI is InChI=1S/C16H18ClF3O/c17-15-9-3-6-12(15)5-1-2-10-21-14-8-4-7-13(11-14)16(18,19)20/h1,4-5,7-8,11-12,15H,2-3,6,9-10H2/b5-1+. The van der Waals surface area contributed by atoms with Crippen LogP contribution in [0.1, 0.15) is 31.2 Å². The third-order valence-electron chi connectivity index (χ3n) is 3.58. The van der Waals surface area contributed by atoms with Crippen molar-refractivity contribution in [3.05, 3.63) is 42.0 Å². The normalized spacial score (nSPS) is 22.9. The molecule has 5 heteroatoms. The van der Waals surface area contributed by atoms with Crippen LogP contribution in [0.3, 0.4) is 0 Å². The highest BCUT2D eigenvalue weighted by molar-refractivity contribution is 6.21. The van der Waals surface area contributed by atoms with E-state index in [4.69, 9.17) is 16.3 Å². The van der Waals surface area contributed by atoms with Gasteiger partial charge in [0.25, 0.3) is 0 Å². The Morgan fingerprint density at radius 1 is 1.29 bits per heavy atom. The number of allylic oxidation sites excluding steroid dienone is 1. The van der Waals surface area contributed by atoms with Gasteiger partial charge in [0, 0.05) is 5.38 Å². The van der Waals surface area contributed by atoms with Gasteiger partial charge in [0.1, 0.15) is 5.75 Å². The van der Waals surface area contributed by atoms with Gasteiger partial charge in [0.05, 0.1) is 12.2 Å². The highest BCUT2D eigenvalue weighted by atomic mass is 35.5. The van der Waals surface area contributed by atoms with Gasteiger partial charge in [-0.3, -0.25) is 0 Å². The fraction of sp³-hybridized carbons (Fsp3) is 0.500. The predicted molar refractivity (Wildman–Crippen MR) is 77.7 cm³/mol. The van der Waals surface area contributed by atoms with Crippen LogP contribution in [0, 0.1) is 5.92 Å². The Morgan fingerprint density at radius 3 is 2.76 bits per heavy atom. The lowest BCUT2D eigenvalue weighted by atomic mass is 10.1. The molecule has 21 heavy (non-hydrogen) atoms. The largest absolute Gasteiger partial charge is 0.493 e. The van der Waals surface area contributed by atoms with Gasteiger partial charge in [0.2, 0.25) is 0 Å². The third-order valence-corrected chi connectivity index (χ3v) is 4.12. The topological polar surface area (TPSA) is 9.23 Å². The maximum absolute atomic E-state index is 12.5. The van der Waals surface area contributed by atoms with Crippen molar-refractivity contribution in [1.29, 1.82) is 0 Å².